The number of hydrogen-bond donors (Lipinski definition) is 1. The summed E-state index contributed by atoms with van der Waals surface area (Å²) in [6, 6.07) is 6.85. The Hall–Kier alpha value is -0.520. The topological polar surface area (TPSA) is 46.2 Å². The molecule has 0 bridgehead atoms. The highest BCUT2D eigenvalue weighted by atomic mass is 32.2. The maximum atomic E-state index is 11.2. The fraction of sp³-hybridized carbons (Fsp3) is 0.625. The first kappa shape index (κ1) is 18.5. The highest BCUT2D eigenvalue weighted by Gasteiger charge is 2.12. The number of thioether (sulfide) groups is 1. The van der Waals surface area contributed by atoms with Crippen molar-refractivity contribution >= 4 is 21.6 Å². The number of aryl methyl sites for hydroxylation is 2. The molecular formula is C16H27NO2S2. The lowest BCUT2D eigenvalue weighted by Gasteiger charge is -2.19. The highest BCUT2D eigenvalue weighted by Crippen LogP contribution is 2.21. The first-order valence-corrected chi connectivity index (χ1v) is 10.6. The molecular weight excluding hydrogens is 302 g/mol. The van der Waals surface area contributed by atoms with Gasteiger partial charge in [0.25, 0.3) is 0 Å². The van der Waals surface area contributed by atoms with E-state index in [0.29, 0.717) is 5.75 Å². The highest BCUT2D eigenvalue weighted by molar-refractivity contribution is 8.00. The van der Waals surface area contributed by atoms with E-state index in [1.165, 1.54) is 22.9 Å². The molecule has 1 atom stereocenters. The van der Waals surface area contributed by atoms with E-state index in [9.17, 15) is 8.42 Å². The summed E-state index contributed by atoms with van der Waals surface area (Å²) >= 11 is 1.70. The Kier molecular flexibility index (Phi) is 7.77. The van der Waals surface area contributed by atoms with Crippen LogP contribution in [0.15, 0.2) is 18.2 Å². The van der Waals surface area contributed by atoms with Crippen molar-refractivity contribution in [1.29, 1.82) is 0 Å². The number of nitrogens with one attached hydrogen (secondary N) is 1. The predicted octanol–water partition coefficient (Wildman–Crippen LogP) is 3.12. The van der Waals surface area contributed by atoms with E-state index >= 15 is 0 Å². The maximum Gasteiger partial charge on any atom is 0.148 e. The molecule has 0 saturated carbocycles. The minimum atomic E-state index is -2.86. The van der Waals surface area contributed by atoms with Gasteiger partial charge in [0.1, 0.15) is 9.84 Å². The van der Waals surface area contributed by atoms with Crippen LogP contribution in [0.4, 0.5) is 0 Å². The molecule has 0 amide bonds. The van der Waals surface area contributed by atoms with Crippen LogP contribution >= 0.6 is 11.8 Å². The Morgan fingerprint density at radius 3 is 2.52 bits per heavy atom. The molecule has 0 aromatic heterocycles. The number of benzene rings is 1. The molecule has 5 heteroatoms. The van der Waals surface area contributed by atoms with Gasteiger partial charge in [0, 0.05) is 23.8 Å². The van der Waals surface area contributed by atoms with Crippen LogP contribution in [0.5, 0.6) is 0 Å². The summed E-state index contributed by atoms with van der Waals surface area (Å²) in [5, 5.41) is 3.56. The van der Waals surface area contributed by atoms with Crippen LogP contribution in [-0.4, -0.2) is 38.5 Å². The van der Waals surface area contributed by atoms with E-state index in [2.05, 4.69) is 44.3 Å². The van der Waals surface area contributed by atoms with Gasteiger partial charge in [-0.1, -0.05) is 25.1 Å². The lowest BCUT2D eigenvalue weighted by Crippen LogP contribution is -2.24. The van der Waals surface area contributed by atoms with Crippen LogP contribution in [0.2, 0.25) is 0 Å². The Balaban J connectivity index is 2.64. The van der Waals surface area contributed by atoms with E-state index < -0.39 is 9.84 Å². The molecule has 1 aromatic rings. The normalized spacial score (nSPS) is 13.3. The average molecular weight is 330 g/mol. The number of hydrogen-bond acceptors (Lipinski definition) is 4. The molecule has 21 heavy (non-hydrogen) atoms. The van der Waals surface area contributed by atoms with Gasteiger partial charge in [-0.3, -0.25) is 0 Å². The van der Waals surface area contributed by atoms with Crippen molar-refractivity contribution in [3.8, 4) is 0 Å². The quantitative estimate of drug-likeness (QED) is 0.707. The molecule has 3 nitrogen and oxygen atoms in total. The zero-order chi connectivity index (χ0) is 15.9. The third kappa shape index (κ3) is 7.34. The number of sulfone groups is 1. The molecule has 0 fully saturated rings. The molecule has 0 spiro atoms. The van der Waals surface area contributed by atoms with Crippen molar-refractivity contribution in [2.75, 3.05) is 30.1 Å². The minimum absolute atomic E-state index is 0.255. The fourth-order valence-electron chi connectivity index (χ4n) is 1.98. The van der Waals surface area contributed by atoms with E-state index in [0.717, 1.165) is 18.7 Å². The first-order chi connectivity index (χ1) is 9.83. The van der Waals surface area contributed by atoms with Crippen molar-refractivity contribution < 1.29 is 8.42 Å². The van der Waals surface area contributed by atoms with Gasteiger partial charge in [-0.25, -0.2) is 8.42 Å². The SMILES string of the molecule is CCCNC(CSCCS(C)(=O)=O)c1ccc(C)c(C)c1. The second kappa shape index (κ2) is 8.81. The maximum absolute atomic E-state index is 11.2. The Bertz CT molecular complexity index is 541. The van der Waals surface area contributed by atoms with Crippen LogP contribution < -0.4 is 5.32 Å². The number of rotatable bonds is 9. The summed E-state index contributed by atoms with van der Waals surface area (Å²) in [6.07, 6.45) is 2.39. The summed E-state index contributed by atoms with van der Waals surface area (Å²) in [7, 11) is -2.86. The second-order valence-corrected chi connectivity index (χ2v) is 8.96. The monoisotopic (exact) mass is 329 g/mol. The van der Waals surface area contributed by atoms with E-state index in [-0.39, 0.29) is 11.8 Å². The van der Waals surface area contributed by atoms with Gasteiger partial charge in [-0.2, -0.15) is 11.8 Å². The largest absolute Gasteiger partial charge is 0.309 e. The zero-order valence-electron chi connectivity index (χ0n) is 13.5. The van der Waals surface area contributed by atoms with Crippen LogP contribution in [0, 0.1) is 13.8 Å². The average Bonchev–Trinajstić information content (AvgIpc) is 2.40. The fourth-order valence-corrected chi connectivity index (χ4v) is 4.38. The van der Waals surface area contributed by atoms with E-state index in [1.54, 1.807) is 11.8 Å². The first-order valence-electron chi connectivity index (χ1n) is 7.39. The molecule has 1 unspecified atom stereocenters. The smallest absolute Gasteiger partial charge is 0.148 e. The van der Waals surface area contributed by atoms with Gasteiger partial charge in [-0.15, -0.1) is 0 Å². The van der Waals surface area contributed by atoms with Gasteiger partial charge >= 0.3 is 0 Å². The van der Waals surface area contributed by atoms with Crippen LogP contribution in [0.3, 0.4) is 0 Å². The molecule has 0 aliphatic heterocycles. The van der Waals surface area contributed by atoms with Gasteiger partial charge in [0.05, 0.1) is 5.75 Å². The summed E-state index contributed by atoms with van der Waals surface area (Å²) in [6.45, 7) is 7.38. The van der Waals surface area contributed by atoms with Gasteiger partial charge in [0.2, 0.25) is 0 Å². The minimum Gasteiger partial charge on any atom is -0.309 e. The Morgan fingerprint density at radius 2 is 1.95 bits per heavy atom. The van der Waals surface area contributed by atoms with Gasteiger partial charge < -0.3 is 5.32 Å². The summed E-state index contributed by atoms with van der Waals surface area (Å²) in [5.41, 5.74) is 3.90. The summed E-state index contributed by atoms with van der Waals surface area (Å²) in [5.74, 6) is 1.82. The third-order valence-electron chi connectivity index (χ3n) is 3.46. The molecule has 0 radical (unpaired) electrons. The summed E-state index contributed by atoms with van der Waals surface area (Å²) in [4.78, 5) is 0. The van der Waals surface area contributed by atoms with Crippen LogP contribution in [0.1, 0.15) is 36.1 Å². The lowest BCUT2D eigenvalue weighted by atomic mass is 10.0. The third-order valence-corrected chi connectivity index (χ3v) is 5.72. The molecule has 0 aliphatic rings. The lowest BCUT2D eigenvalue weighted by molar-refractivity contribution is 0.577. The van der Waals surface area contributed by atoms with Crippen LogP contribution in [0.25, 0.3) is 0 Å². The predicted molar refractivity (Wildman–Crippen MR) is 94.0 cm³/mol. The molecule has 1 rings (SSSR count). The van der Waals surface area contributed by atoms with Gasteiger partial charge in [-0.05, 0) is 43.5 Å². The standard InChI is InChI=1S/C16H27NO2S2/c1-5-8-17-16(12-20-9-10-21(4,18)19)15-7-6-13(2)14(3)11-15/h6-7,11,16-17H,5,8-10,12H2,1-4H3. The van der Waals surface area contributed by atoms with E-state index in [1.807, 2.05) is 0 Å². The zero-order valence-corrected chi connectivity index (χ0v) is 15.1. The molecule has 1 N–H and O–H groups in total. The summed E-state index contributed by atoms with van der Waals surface area (Å²) < 4.78 is 22.3. The van der Waals surface area contributed by atoms with E-state index in [4.69, 9.17) is 0 Å². The molecule has 0 heterocycles. The van der Waals surface area contributed by atoms with Crippen molar-refractivity contribution in [2.24, 2.45) is 0 Å². The van der Waals surface area contributed by atoms with Crippen molar-refractivity contribution in [3.63, 3.8) is 0 Å². The van der Waals surface area contributed by atoms with Crippen molar-refractivity contribution in [2.45, 2.75) is 33.2 Å². The molecule has 1 aromatic carbocycles. The molecule has 120 valence electrons. The van der Waals surface area contributed by atoms with Crippen molar-refractivity contribution in [3.05, 3.63) is 34.9 Å². The molecule has 0 saturated heterocycles. The second-order valence-electron chi connectivity index (χ2n) is 5.56. The molecule has 0 aliphatic carbocycles. The van der Waals surface area contributed by atoms with Crippen molar-refractivity contribution in [1.82, 2.24) is 5.32 Å². The Labute approximate surface area is 133 Å². The van der Waals surface area contributed by atoms with Gasteiger partial charge in [0.15, 0.2) is 0 Å². The van der Waals surface area contributed by atoms with Crippen LogP contribution in [-0.2, 0) is 9.84 Å². The Morgan fingerprint density at radius 1 is 1.24 bits per heavy atom.